The number of sulfonamides is 1. The first-order valence-electron chi connectivity index (χ1n) is 8.85. The number of aryl methyl sites for hydroxylation is 1. The van der Waals surface area contributed by atoms with E-state index in [0.717, 1.165) is 17.2 Å². The van der Waals surface area contributed by atoms with Crippen molar-refractivity contribution in [2.75, 3.05) is 26.2 Å². The van der Waals surface area contributed by atoms with E-state index in [4.69, 9.17) is 0 Å². The molecule has 3 rings (SSSR count). The van der Waals surface area contributed by atoms with Gasteiger partial charge in [-0.2, -0.15) is 4.31 Å². The number of nitro groups is 1. The molecule has 0 radical (unpaired) electrons. The second kappa shape index (κ2) is 8.07. The molecule has 0 aliphatic carbocycles. The third-order valence-corrected chi connectivity index (χ3v) is 6.59. The molecule has 1 saturated heterocycles. The lowest BCUT2D eigenvalue weighted by Crippen LogP contribution is -2.50. The van der Waals surface area contributed by atoms with E-state index in [2.05, 4.69) is 0 Å². The molecule has 8 nitrogen and oxygen atoms in total. The van der Waals surface area contributed by atoms with Gasteiger partial charge in [0.15, 0.2) is 0 Å². The molecule has 1 aliphatic rings. The molecule has 0 spiro atoms. The molecule has 0 unspecified atom stereocenters. The molecular weight excluding hydrogens is 382 g/mol. The number of benzene rings is 2. The molecule has 9 heteroatoms. The molecule has 1 amide bonds. The molecule has 0 bridgehead atoms. The largest absolute Gasteiger partial charge is 0.340 e. The van der Waals surface area contributed by atoms with Crippen molar-refractivity contribution in [1.29, 1.82) is 0 Å². The van der Waals surface area contributed by atoms with Crippen molar-refractivity contribution in [3.05, 3.63) is 69.8 Å². The molecule has 0 saturated carbocycles. The standard InChI is InChI=1S/C19H21N3O5S/c1-15-4-2-5-16(12-15)13-19(23)20-8-10-21(11-9-20)28(26,27)18-7-3-6-17(14-18)22(24)25/h2-7,12,14H,8-11,13H2,1H3. The molecular formula is C19H21N3O5S. The fourth-order valence-electron chi connectivity index (χ4n) is 3.19. The highest BCUT2D eigenvalue weighted by atomic mass is 32.2. The van der Waals surface area contributed by atoms with Crippen molar-refractivity contribution in [3.63, 3.8) is 0 Å². The van der Waals surface area contributed by atoms with Crippen LogP contribution in [-0.2, 0) is 21.2 Å². The van der Waals surface area contributed by atoms with Gasteiger partial charge in [-0.25, -0.2) is 8.42 Å². The maximum absolute atomic E-state index is 12.8. The smallest absolute Gasteiger partial charge is 0.270 e. The van der Waals surface area contributed by atoms with E-state index in [1.54, 1.807) is 4.90 Å². The maximum atomic E-state index is 12.8. The van der Waals surface area contributed by atoms with Crippen LogP contribution >= 0.6 is 0 Å². The predicted octanol–water partition coefficient (Wildman–Crippen LogP) is 1.98. The van der Waals surface area contributed by atoms with Crippen LogP contribution in [0.25, 0.3) is 0 Å². The van der Waals surface area contributed by atoms with Gasteiger partial charge in [-0.15, -0.1) is 0 Å². The highest BCUT2D eigenvalue weighted by molar-refractivity contribution is 7.89. The van der Waals surface area contributed by atoms with Gasteiger partial charge in [0.25, 0.3) is 5.69 Å². The maximum Gasteiger partial charge on any atom is 0.270 e. The Hall–Kier alpha value is -2.78. The van der Waals surface area contributed by atoms with E-state index in [0.29, 0.717) is 13.1 Å². The Kier molecular flexibility index (Phi) is 5.76. The number of hydrogen-bond acceptors (Lipinski definition) is 5. The summed E-state index contributed by atoms with van der Waals surface area (Å²) in [5.41, 5.74) is 1.74. The van der Waals surface area contributed by atoms with Crippen molar-refractivity contribution >= 4 is 21.6 Å². The van der Waals surface area contributed by atoms with Gasteiger partial charge in [-0.05, 0) is 18.6 Å². The second-order valence-corrected chi connectivity index (χ2v) is 8.64. The van der Waals surface area contributed by atoms with Crippen LogP contribution in [0, 0.1) is 17.0 Å². The monoisotopic (exact) mass is 403 g/mol. The van der Waals surface area contributed by atoms with Gasteiger partial charge < -0.3 is 4.90 Å². The van der Waals surface area contributed by atoms with Crippen LogP contribution in [0.5, 0.6) is 0 Å². The second-order valence-electron chi connectivity index (χ2n) is 6.71. The third kappa shape index (κ3) is 4.37. The van der Waals surface area contributed by atoms with Crippen LogP contribution in [0.2, 0.25) is 0 Å². The summed E-state index contributed by atoms with van der Waals surface area (Å²) in [6.45, 7) is 2.86. The quantitative estimate of drug-likeness (QED) is 0.561. The number of non-ortho nitro benzene ring substituents is 1. The summed E-state index contributed by atoms with van der Waals surface area (Å²) in [7, 11) is -3.84. The Morgan fingerprint density at radius 1 is 1.07 bits per heavy atom. The number of piperazine rings is 1. The Bertz CT molecular complexity index is 998. The van der Waals surface area contributed by atoms with Crippen LogP contribution in [-0.4, -0.2) is 54.6 Å². The van der Waals surface area contributed by atoms with Crippen LogP contribution in [0.15, 0.2) is 53.4 Å². The lowest BCUT2D eigenvalue weighted by atomic mass is 10.1. The lowest BCUT2D eigenvalue weighted by Gasteiger charge is -2.34. The van der Waals surface area contributed by atoms with Gasteiger partial charge in [-0.1, -0.05) is 35.9 Å². The zero-order valence-electron chi connectivity index (χ0n) is 15.4. The molecule has 1 fully saturated rings. The van der Waals surface area contributed by atoms with Crippen LogP contribution in [0.4, 0.5) is 5.69 Å². The average molecular weight is 403 g/mol. The molecule has 1 heterocycles. The van der Waals surface area contributed by atoms with E-state index in [9.17, 15) is 23.3 Å². The number of rotatable bonds is 5. The van der Waals surface area contributed by atoms with E-state index in [-0.39, 0.29) is 36.0 Å². The molecule has 2 aromatic carbocycles. The molecule has 0 N–H and O–H groups in total. The normalized spacial score (nSPS) is 15.4. The number of nitrogens with zero attached hydrogens (tertiary/aromatic N) is 3. The molecule has 1 aliphatic heterocycles. The third-order valence-electron chi connectivity index (χ3n) is 4.70. The summed E-state index contributed by atoms with van der Waals surface area (Å²) in [5.74, 6) is -0.0435. The SMILES string of the molecule is Cc1cccc(CC(=O)N2CCN(S(=O)(=O)c3cccc([N+](=O)[O-])c3)CC2)c1. The minimum absolute atomic E-state index is 0.0435. The first kappa shape index (κ1) is 20.0. The molecule has 0 atom stereocenters. The Morgan fingerprint density at radius 3 is 2.39 bits per heavy atom. The molecule has 28 heavy (non-hydrogen) atoms. The fraction of sp³-hybridized carbons (Fsp3) is 0.316. The molecule has 148 valence electrons. The van der Waals surface area contributed by atoms with E-state index < -0.39 is 14.9 Å². The van der Waals surface area contributed by atoms with Crippen molar-refractivity contribution in [3.8, 4) is 0 Å². The predicted molar refractivity (Wildman–Crippen MR) is 103 cm³/mol. The number of amides is 1. The van der Waals surface area contributed by atoms with E-state index in [1.807, 2.05) is 31.2 Å². The van der Waals surface area contributed by atoms with E-state index >= 15 is 0 Å². The first-order valence-corrected chi connectivity index (χ1v) is 10.3. The van der Waals surface area contributed by atoms with Gasteiger partial charge in [0.05, 0.1) is 16.2 Å². The van der Waals surface area contributed by atoms with Crippen molar-refractivity contribution in [2.24, 2.45) is 0 Å². The Labute approximate surface area is 163 Å². The van der Waals surface area contributed by atoms with E-state index in [1.165, 1.54) is 22.5 Å². The highest BCUT2D eigenvalue weighted by Crippen LogP contribution is 2.22. The van der Waals surface area contributed by atoms with Crippen LogP contribution in [0.3, 0.4) is 0 Å². The molecule has 2 aromatic rings. The number of nitro benzene ring substituents is 1. The Balaban J connectivity index is 1.65. The van der Waals surface area contributed by atoms with Gasteiger partial charge >= 0.3 is 0 Å². The van der Waals surface area contributed by atoms with Gasteiger partial charge in [0.1, 0.15) is 0 Å². The fourth-order valence-corrected chi connectivity index (χ4v) is 4.66. The summed E-state index contributed by atoms with van der Waals surface area (Å²) in [6.07, 6.45) is 0.277. The number of carbonyl (C=O) groups excluding carboxylic acids is 1. The van der Waals surface area contributed by atoms with Gasteiger partial charge in [0.2, 0.25) is 15.9 Å². The summed E-state index contributed by atoms with van der Waals surface area (Å²) in [5, 5.41) is 10.9. The average Bonchev–Trinajstić information content (AvgIpc) is 2.68. The summed E-state index contributed by atoms with van der Waals surface area (Å²) in [4.78, 5) is 24.3. The van der Waals surface area contributed by atoms with Crippen molar-refractivity contribution in [1.82, 2.24) is 9.21 Å². The lowest BCUT2D eigenvalue weighted by molar-refractivity contribution is -0.385. The summed E-state index contributed by atoms with van der Waals surface area (Å²) >= 11 is 0. The van der Waals surface area contributed by atoms with Gasteiger partial charge in [0, 0.05) is 38.3 Å². The first-order chi connectivity index (χ1) is 13.3. The van der Waals surface area contributed by atoms with Crippen molar-refractivity contribution < 1.29 is 18.1 Å². The van der Waals surface area contributed by atoms with Gasteiger partial charge in [-0.3, -0.25) is 14.9 Å². The van der Waals surface area contributed by atoms with Crippen molar-refractivity contribution in [2.45, 2.75) is 18.2 Å². The van der Waals surface area contributed by atoms with Crippen LogP contribution in [0.1, 0.15) is 11.1 Å². The zero-order valence-corrected chi connectivity index (χ0v) is 16.3. The minimum Gasteiger partial charge on any atom is -0.340 e. The Morgan fingerprint density at radius 2 is 1.75 bits per heavy atom. The number of hydrogen-bond donors (Lipinski definition) is 0. The molecule has 0 aromatic heterocycles. The summed E-state index contributed by atoms with van der Waals surface area (Å²) < 4.78 is 26.8. The highest BCUT2D eigenvalue weighted by Gasteiger charge is 2.30. The minimum atomic E-state index is -3.84. The zero-order chi connectivity index (χ0) is 20.3. The topological polar surface area (TPSA) is 101 Å². The number of carbonyl (C=O) groups is 1. The summed E-state index contributed by atoms with van der Waals surface area (Å²) in [6, 6.07) is 12.7. The van der Waals surface area contributed by atoms with Crippen LogP contribution < -0.4 is 0 Å².